The van der Waals surface area contributed by atoms with Crippen LogP contribution in [0.5, 0.6) is 0 Å². The Labute approximate surface area is 183 Å². The van der Waals surface area contributed by atoms with Gasteiger partial charge in [-0.25, -0.2) is 4.98 Å². The normalized spacial score (nSPS) is 23.0. The summed E-state index contributed by atoms with van der Waals surface area (Å²) < 4.78 is 11.5. The Kier molecular flexibility index (Phi) is 4.95. The zero-order chi connectivity index (χ0) is 21.8. The first-order valence-corrected chi connectivity index (χ1v) is 11.3. The van der Waals surface area contributed by atoms with Crippen molar-refractivity contribution < 1.29 is 14.3 Å². The number of carbonyl (C=O) groups excluding carboxylic acids is 1. The van der Waals surface area contributed by atoms with Gasteiger partial charge in [-0.3, -0.25) is 4.79 Å². The SMILES string of the molecule is CC(C)(C)c1cc(C2CC2)cc2c(N)cc(C(=O)NCC3CC4(CN3)OCCO4)nc12. The van der Waals surface area contributed by atoms with Crippen molar-refractivity contribution in [2.24, 2.45) is 0 Å². The van der Waals surface area contributed by atoms with Crippen LogP contribution in [0.25, 0.3) is 10.9 Å². The molecule has 2 saturated heterocycles. The molecule has 1 unspecified atom stereocenters. The van der Waals surface area contributed by atoms with Gasteiger partial charge >= 0.3 is 0 Å². The average molecular weight is 425 g/mol. The second-order valence-electron chi connectivity index (χ2n) is 10.2. The highest BCUT2D eigenvalue weighted by molar-refractivity contribution is 6.00. The van der Waals surface area contributed by atoms with Crippen molar-refractivity contribution in [1.29, 1.82) is 0 Å². The third-order valence-corrected chi connectivity index (χ3v) is 6.60. The van der Waals surface area contributed by atoms with Crippen LogP contribution < -0.4 is 16.4 Å². The van der Waals surface area contributed by atoms with Gasteiger partial charge in [0.2, 0.25) is 0 Å². The molecular weight excluding hydrogens is 392 g/mol. The van der Waals surface area contributed by atoms with Crippen molar-refractivity contribution in [1.82, 2.24) is 15.6 Å². The number of carbonyl (C=O) groups is 1. The molecule has 5 rings (SSSR count). The Morgan fingerprint density at radius 2 is 2.00 bits per heavy atom. The van der Waals surface area contributed by atoms with Crippen molar-refractivity contribution in [3.63, 3.8) is 0 Å². The monoisotopic (exact) mass is 424 g/mol. The Morgan fingerprint density at radius 1 is 1.26 bits per heavy atom. The molecule has 1 atom stereocenters. The topological polar surface area (TPSA) is 98.5 Å². The fourth-order valence-corrected chi connectivity index (χ4v) is 4.70. The van der Waals surface area contributed by atoms with Crippen LogP contribution in [0.2, 0.25) is 0 Å². The third-order valence-electron chi connectivity index (χ3n) is 6.60. The number of nitrogens with one attached hydrogen (secondary N) is 2. The Hall–Kier alpha value is -2.22. The summed E-state index contributed by atoms with van der Waals surface area (Å²) in [6, 6.07) is 6.23. The summed E-state index contributed by atoms with van der Waals surface area (Å²) in [5.41, 5.74) is 10.6. The van der Waals surface area contributed by atoms with Gasteiger partial charge in [0.1, 0.15) is 5.69 Å². The molecule has 0 bridgehead atoms. The summed E-state index contributed by atoms with van der Waals surface area (Å²) in [5, 5.41) is 7.33. The second kappa shape index (κ2) is 7.43. The fourth-order valence-electron chi connectivity index (χ4n) is 4.70. The molecule has 3 aliphatic rings. The van der Waals surface area contributed by atoms with Gasteiger partial charge in [0.25, 0.3) is 5.91 Å². The lowest BCUT2D eigenvalue weighted by atomic mass is 9.83. The summed E-state index contributed by atoms with van der Waals surface area (Å²) in [4.78, 5) is 17.7. The minimum atomic E-state index is -0.526. The Balaban J connectivity index is 1.38. The van der Waals surface area contributed by atoms with Crippen LogP contribution in [-0.2, 0) is 14.9 Å². The maximum absolute atomic E-state index is 12.9. The van der Waals surface area contributed by atoms with E-state index in [1.165, 1.54) is 18.4 Å². The van der Waals surface area contributed by atoms with Crippen molar-refractivity contribution in [2.45, 2.75) is 63.2 Å². The lowest BCUT2D eigenvalue weighted by Gasteiger charge is -2.23. The molecule has 3 heterocycles. The number of pyridine rings is 1. The molecule has 1 saturated carbocycles. The van der Waals surface area contributed by atoms with Crippen molar-refractivity contribution in [2.75, 3.05) is 32.0 Å². The van der Waals surface area contributed by atoms with Crippen molar-refractivity contribution in [3.05, 3.63) is 35.0 Å². The smallest absolute Gasteiger partial charge is 0.270 e. The number of anilines is 1. The standard InChI is InChI=1S/C24H32N4O3/c1-23(2,3)18-9-15(14-4-5-14)8-17-19(25)10-20(28-21(17)18)22(29)26-12-16-11-24(13-27-16)30-6-7-31-24/h8-10,14,16,27H,4-7,11-13H2,1-3H3,(H2,25,28)(H,26,29). The van der Waals surface area contributed by atoms with Gasteiger partial charge in [0.15, 0.2) is 5.79 Å². The molecule has 1 aliphatic carbocycles. The van der Waals surface area contributed by atoms with Crippen LogP contribution in [0.3, 0.4) is 0 Å². The molecule has 2 aromatic rings. The number of amides is 1. The van der Waals surface area contributed by atoms with E-state index in [1.54, 1.807) is 6.07 Å². The molecule has 1 aromatic heterocycles. The molecule has 2 aliphatic heterocycles. The highest BCUT2D eigenvalue weighted by Crippen LogP contribution is 2.44. The zero-order valence-corrected chi connectivity index (χ0v) is 18.6. The number of nitrogens with two attached hydrogens (primary N) is 1. The largest absolute Gasteiger partial charge is 0.398 e. The second-order valence-corrected chi connectivity index (χ2v) is 10.2. The van der Waals surface area contributed by atoms with E-state index in [4.69, 9.17) is 20.2 Å². The van der Waals surface area contributed by atoms with Crippen molar-refractivity contribution >= 4 is 22.5 Å². The molecular formula is C24H32N4O3. The number of hydrogen-bond donors (Lipinski definition) is 3. The van der Waals surface area contributed by atoms with Crippen LogP contribution in [0.4, 0.5) is 5.69 Å². The summed E-state index contributed by atoms with van der Waals surface area (Å²) >= 11 is 0. The third kappa shape index (κ3) is 4.02. The molecule has 1 spiro atoms. The zero-order valence-electron chi connectivity index (χ0n) is 18.6. The Morgan fingerprint density at radius 3 is 2.68 bits per heavy atom. The minimum Gasteiger partial charge on any atom is -0.398 e. The maximum Gasteiger partial charge on any atom is 0.270 e. The first-order valence-electron chi connectivity index (χ1n) is 11.3. The van der Waals surface area contributed by atoms with Crippen LogP contribution in [0.1, 0.15) is 67.6 Å². The first kappa shape index (κ1) is 20.7. The van der Waals surface area contributed by atoms with E-state index in [1.807, 2.05) is 0 Å². The van der Waals surface area contributed by atoms with E-state index in [0.29, 0.717) is 43.6 Å². The number of ether oxygens (including phenoxy) is 2. The first-order chi connectivity index (χ1) is 14.7. The number of rotatable bonds is 4. The summed E-state index contributed by atoms with van der Waals surface area (Å²) in [6.07, 6.45) is 3.18. The van der Waals surface area contributed by atoms with Gasteiger partial charge in [0.05, 0.1) is 25.3 Å². The van der Waals surface area contributed by atoms with E-state index in [0.717, 1.165) is 22.9 Å². The highest BCUT2D eigenvalue weighted by atomic mass is 16.7. The lowest BCUT2D eigenvalue weighted by Crippen LogP contribution is -2.37. The highest BCUT2D eigenvalue weighted by Gasteiger charge is 2.43. The maximum atomic E-state index is 12.9. The van der Waals surface area contributed by atoms with Crippen LogP contribution in [-0.4, -0.2) is 49.0 Å². The van der Waals surface area contributed by atoms with Gasteiger partial charge in [-0.1, -0.05) is 26.8 Å². The molecule has 7 heteroatoms. The van der Waals surface area contributed by atoms with Gasteiger partial charge < -0.3 is 25.8 Å². The molecule has 166 valence electrons. The van der Waals surface area contributed by atoms with E-state index in [2.05, 4.69) is 43.5 Å². The van der Waals surface area contributed by atoms with Crippen molar-refractivity contribution in [3.8, 4) is 0 Å². The summed E-state index contributed by atoms with van der Waals surface area (Å²) in [5.74, 6) is -0.110. The Bertz CT molecular complexity index is 1020. The number of nitrogen functional groups attached to an aromatic ring is 1. The number of nitrogens with zero attached hydrogens (tertiary/aromatic N) is 1. The van der Waals surface area contributed by atoms with E-state index < -0.39 is 5.79 Å². The summed E-state index contributed by atoms with van der Waals surface area (Å²) in [6.45, 7) is 8.92. The van der Waals surface area contributed by atoms with Crippen LogP contribution in [0, 0.1) is 0 Å². The van der Waals surface area contributed by atoms with E-state index in [-0.39, 0.29) is 17.4 Å². The predicted octanol–water partition coefficient (Wildman–Crippen LogP) is 2.83. The molecule has 4 N–H and O–H groups in total. The van der Waals surface area contributed by atoms with Gasteiger partial charge in [-0.2, -0.15) is 0 Å². The molecule has 1 amide bonds. The molecule has 3 fully saturated rings. The molecule has 31 heavy (non-hydrogen) atoms. The van der Waals surface area contributed by atoms with E-state index >= 15 is 0 Å². The van der Waals surface area contributed by atoms with Crippen LogP contribution >= 0.6 is 0 Å². The van der Waals surface area contributed by atoms with Crippen LogP contribution in [0.15, 0.2) is 18.2 Å². The number of fused-ring (bicyclic) bond motifs is 1. The van der Waals surface area contributed by atoms with Gasteiger partial charge in [0, 0.05) is 30.1 Å². The van der Waals surface area contributed by atoms with Gasteiger partial charge in [-0.15, -0.1) is 0 Å². The molecule has 1 aromatic carbocycles. The average Bonchev–Trinajstić information content (AvgIpc) is 3.36. The molecule has 0 radical (unpaired) electrons. The van der Waals surface area contributed by atoms with E-state index in [9.17, 15) is 4.79 Å². The quantitative estimate of drug-likeness (QED) is 0.698. The summed E-state index contributed by atoms with van der Waals surface area (Å²) in [7, 11) is 0. The number of aromatic nitrogens is 1. The minimum absolute atomic E-state index is 0.0962. The number of benzene rings is 1. The van der Waals surface area contributed by atoms with Gasteiger partial charge in [-0.05, 0) is 47.4 Å². The lowest BCUT2D eigenvalue weighted by molar-refractivity contribution is -0.140. The predicted molar refractivity (Wildman–Crippen MR) is 120 cm³/mol. The fraction of sp³-hybridized carbons (Fsp3) is 0.583. The molecule has 7 nitrogen and oxygen atoms in total. The number of hydrogen-bond acceptors (Lipinski definition) is 6.